The number of rotatable bonds is 0. The zero-order valence-electron chi connectivity index (χ0n) is 13.3. The van der Waals surface area contributed by atoms with Crippen LogP contribution in [0.15, 0.2) is 42.0 Å². The predicted molar refractivity (Wildman–Crippen MR) is 136 cm³/mol. The molecule has 0 atom stereocenters. The van der Waals surface area contributed by atoms with E-state index in [1.807, 2.05) is 3.37 Å². The van der Waals surface area contributed by atoms with Crippen LogP contribution in [0, 0.1) is 0 Å². The first-order valence-corrected chi connectivity index (χ1v) is 18.5. The van der Waals surface area contributed by atoms with E-state index in [0.29, 0.717) is 29.9 Å². The van der Waals surface area contributed by atoms with Crippen molar-refractivity contribution in [3.63, 3.8) is 0 Å². The number of hydrogen-bond donors (Lipinski definition) is 0. The van der Waals surface area contributed by atoms with Crippen molar-refractivity contribution in [3.05, 3.63) is 42.0 Å². The van der Waals surface area contributed by atoms with Gasteiger partial charge in [0, 0.05) is 0 Å². The molecule has 136 valence electrons. The van der Waals surface area contributed by atoms with Crippen LogP contribution in [0.4, 0.5) is 0 Å². The molecule has 0 saturated carbocycles. The summed E-state index contributed by atoms with van der Waals surface area (Å²) in [5, 5.41) is 0. The first kappa shape index (κ1) is 19.2. The molecule has 5 aliphatic heterocycles. The summed E-state index contributed by atoms with van der Waals surface area (Å²) in [5.41, 5.74) is 0. The molecule has 0 nitrogen and oxygen atoms in total. The maximum atomic E-state index is 2.15. The Morgan fingerprint density at radius 2 is 1.00 bits per heavy atom. The minimum atomic E-state index is 0.638. The quantitative estimate of drug-likeness (QED) is 0.251. The Kier molecular flexibility index (Phi) is 6.09. The van der Waals surface area contributed by atoms with Gasteiger partial charge >= 0.3 is 203 Å². The molecular weight excluding hydrogens is 607 g/mol. The average Bonchev–Trinajstić information content (AvgIpc) is 3.40. The molecule has 0 bridgehead atoms. The molecule has 26 heavy (non-hydrogen) atoms. The standard InChI is InChI=1S/C16H12S8Se2/c1-2-4-8-7(3-1)19-9(20-8)10-21-11-12(22-10)24-13(23-11)16-25-14-15(26-16)18-6-5-17-14/h1-6H2. The molecule has 0 aromatic heterocycles. The molecule has 0 aromatic rings. The first-order valence-electron chi connectivity index (χ1n) is 8.21. The van der Waals surface area contributed by atoms with Crippen molar-refractivity contribution in [3.8, 4) is 0 Å². The van der Waals surface area contributed by atoms with Crippen molar-refractivity contribution in [2.45, 2.75) is 25.7 Å². The van der Waals surface area contributed by atoms with Crippen molar-refractivity contribution < 1.29 is 0 Å². The van der Waals surface area contributed by atoms with Gasteiger partial charge in [-0.25, -0.2) is 0 Å². The first-order chi connectivity index (χ1) is 12.8. The molecule has 0 aromatic carbocycles. The topological polar surface area (TPSA) is 0 Å². The van der Waals surface area contributed by atoms with Gasteiger partial charge in [-0.2, -0.15) is 0 Å². The molecule has 0 spiro atoms. The van der Waals surface area contributed by atoms with Crippen molar-refractivity contribution >= 4 is 124 Å². The van der Waals surface area contributed by atoms with Gasteiger partial charge in [-0.15, -0.1) is 0 Å². The van der Waals surface area contributed by atoms with Gasteiger partial charge in [0.25, 0.3) is 0 Å². The van der Waals surface area contributed by atoms with Crippen LogP contribution in [-0.2, 0) is 0 Å². The fourth-order valence-corrected chi connectivity index (χ4v) is 25.5. The van der Waals surface area contributed by atoms with E-state index in [0.717, 1.165) is 0 Å². The summed E-state index contributed by atoms with van der Waals surface area (Å²) in [6.45, 7) is 0. The Balaban J connectivity index is 1.15. The molecule has 1 aliphatic carbocycles. The molecule has 0 N–H and O–H groups in total. The van der Waals surface area contributed by atoms with Crippen LogP contribution in [0.3, 0.4) is 0 Å². The number of thioether (sulfide) groups is 8. The van der Waals surface area contributed by atoms with Gasteiger partial charge in [-0.05, 0) is 0 Å². The van der Waals surface area contributed by atoms with E-state index in [4.69, 9.17) is 0 Å². The number of hydrogen-bond acceptors (Lipinski definition) is 8. The van der Waals surface area contributed by atoms with E-state index < -0.39 is 0 Å². The SMILES string of the molecule is C1CCC2=C(C1)SC(=C1SC3=C(S1)SC(=C1[Se]C4=C(SCCS4)[Se]1)S3)S2. The van der Waals surface area contributed by atoms with Crippen LogP contribution in [0.5, 0.6) is 0 Å². The van der Waals surface area contributed by atoms with Crippen molar-refractivity contribution in [2.75, 3.05) is 11.5 Å². The third-order valence-corrected chi connectivity index (χ3v) is 25.1. The van der Waals surface area contributed by atoms with Gasteiger partial charge in [0.15, 0.2) is 0 Å². The summed E-state index contributed by atoms with van der Waals surface area (Å²) in [6.07, 6.45) is 5.43. The van der Waals surface area contributed by atoms with Gasteiger partial charge in [-0.1, -0.05) is 0 Å². The van der Waals surface area contributed by atoms with E-state index in [9.17, 15) is 0 Å². The van der Waals surface area contributed by atoms with Crippen LogP contribution >= 0.6 is 94.1 Å². The van der Waals surface area contributed by atoms with Crippen molar-refractivity contribution in [2.24, 2.45) is 0 Å². The summed E-state index contributed by atoms with van der Waals surface area (Å²) in [7, 11) is 0. The van der Waals surface area contributed by atoms with Gasteiger partial charge in [-0.3, -0.25) is 0 Å². The average molecular weight is 619 g/mol. The van der Waals surface area contributed by atoms with Crippen molar-refractivity contribution in [1.29, 1.82) is 0 Å². The minimum absolute atomic E-state index is 0.638. The molecule has 0 amide bonds. The Hall–Kier alpha value is 2.54. The van der Waals surface area contributed by atoms with Crippen molar-refractivity contribution in [1.82, 2.24) is 0 Å². The Morgan fingerprint density at radius 1 is 0.538 bits per heavy atom. The van der Waals surface area contributed by atoms with E-state index >= 15 is 0 Å². The molecule has 6 rings (SSSR count). The van der Waals surface area contributed by atoms with E-state index in [2.05, 4.69) is 94.1 Å². The summed E-state index contributed by atoms with van der Waals surface area (Å²) < 4.78 is 13.3. The van der Waals surface area contributed by atoms with Gasteiger partial charge in [0.2, 0.25) is 0 Å². The molecular formula is C16H12S8Se2. The van der Waals surface area contributed by atoms with E-state index in [1.165, 1.54) is 37.2 Å². The van der Waals surface area contributed by atoms with Gasteiger partial charge in [0.05, 0.1) is 0 Å². The third-order valence-electron chi connectivity index (χ3n) is 4.13. The van der Waals surface area contributed by atoms with E-state index in [1.54, 1.807) is 38.6 Å². The van der Waals surface area contributed by atoms with Crippen LogP contribution < -0.4 is 0 Å². The third kappa shape index (κ3) is 3.68. The van der Waals surface area contributed by atoms with Gasteiger partial charge < -0.3 is 0 Å². The zero-order chi connectivity index (χ0) is 17.1. The Bertz CT molecular complexity index is 735. The van der Waals surface area contributed by atoms with Gasteiger partial charge in [0.1, 0.15) is 0 Å². The van der Waals surface area contributed by atoms with E-state index in [-0.39, 0.29) is 0 Å². The maximum absolute atomic E-state index is 2.15. The van der Waals surface area contributed by atoms with Crippen LogP contribution in [-0.4, -0.2) is 41.4 Å². The van der Waals surface area contributed by atoms with Crippen LogP contribution in [0.25, 0.3) is 0 Å². The van der Waals surface area contributed by atoms with Crippen LogP contribution in [0.1, 0.15) is 25.7 Å². The fraction of sp³-hybridized carbons (Fsp3) is 0.375. The second kappa shape index (κ2) is 8.23. The number of allylic oxidation sites excluding steroid dienone is 2. The summed E-state index contributed by atoms with van der Waals surface area (Å²) in [4.78, 5) is 3.37. The molecule has 0 radical (unpaired) electrons. The molecule has 0 unspecified atom stereocenters. The summed E-state index contributed by atoms with van der Waals surface area (Å²) >= 11 is 18.1. The molecule has 0 saturated heterocycles. The molecule has 0 fully saturated rings. The molecule has 5 heterocycles. The summed E-state index contributed by atoms with van der Waals surface area (Å²) in [5.74, 6) is 2.66. The van der Waals surface area contributed by atoms with Crippen LogP contribution in [0.2, 0.25) is 0 Å². The fourth-order valence-electron chi connectivity index (χ4n) is 2.95. The molecule has 6 aliphatic rings. The second-order valence-electron chi connectivity index (χ2n) is 5.87. The Morgan fingerprint density at radius 3 is 1.54 bits per heavy atom. The zero-order valence-corrected chi connectivity index (χ0v) is 23.3. The normalized spacial score (nSPS) is 28.6. The monoisotopic (exact) mass is 620 g/mol. The Labute approximate surface area is 200 Å². The molecule has 10 heteroatoms. The predicted octanol–water partition coefficient (Wildman–Crippen LogP) is 7.62. The summed E-state index contributed by atoms with van der Waals surface area (Å²) in [6, 6.07) is 0. The second-order valence-corrected chi connectivity index (χ2v) is 22.4.